The highest BCUT2D eigenvalue weighted by Gasteiger charge is 2.55. The van der Waals surface area contributed by atoms with Crippen LogP contribution in [0.15, 0.2) is 30.0 Å². The third kappa shape index (κ3) is 2.32. The summed E-state index contributed by atoms with van der Waals surface area (Å²) in [4.78, 5) is 26.1. The van der Waals surface area contributed by atoms with Gasteiger partial charge in [0.15, 0.2) is 11.6 Å². The van der Waals surface area contributed by atoms with Gasteiger partial charge < -0.3 is 14.9 Å². The minimum absolute atomic E-state index is 0.0238. The van der Waals surface area contributed by atoms with Crippen molar-refractivity contribution in [1.82, 2.24) is 9.78 Å². The number of allylic oxidation sites excluding steroid dienone is 1. The van der Waals surface area contributed by atoms with Crippen molar-refractivity contribution in [3.8, 4) is 22.9 Å². The first kappa shape index (κ1) is 20.0. The number of aromatic nitrogens is 2. The minimum Gasteiger partial charge on any atom is -0.507 e. The van der Waals surface area contributed by atoms with Crippen LogP contribution < -0.4 is 4.74 Å². The minimum atomic E-state index is -1.41. The number of fused-ring (bicyclic) bond motifs is 4. The number of aromatic hydroxyl groups is 2. The Hall–Kier alpha value is -3.94. The summed E-state index contributed by atoms with van der Waals surface area (Å²) in [6, 6.07) is 5.69. The quantitative estimate of drug-likeness (QED) is 0.588. The van der Waals surface area contributed by atoms with Crippen LogP contribution in [0.3, 0.4) is 0 Å². The van der Waals surface area contributed by atoms with E-state index in [-0.39, 0.29) is 45.5 Å². The molecule has 7 nitrogen and oxygen atoms in total. The molecule has 32 heavy (non-hydrogen) atoms. The lowest BCUT2D eigenvalue weighted by atomic mass is 9.71. The first-order chi connectivity index (χ1) is 15.1. The van der Waals surface area contributed by atoms with E-state index in [0.29, 0.717) is 22.6 Å². The number of ketones is 2. The first-order valence-electron chi connectivity index (χ1n) is 9.97. The van der Waals surface area contributed by atoms with Gasteiger partial charge in [0.25, 0.3) is 0 Å². The Morgan fingerprint density at radius 2 is 1.81 bits per heavy atom. The van der Waals surface area contributed by atoms with Gasteiger partial charge in [-0.1, -0.05) is 0 Å². The van der Waals surface area contributed by atoms with Gasteiger partial charge in [0.1, 0.15) is 39.8 Å². The van der Waals surface area contributed by atoms with Crippen LogP contribution in [0.4, 0.5) is 4.39 Å². The number of aryl methyl sites for hydroxylation is 1. The molecule has 8 heteroatoms. The Labute approximate surface area is 182 Å². The van der Waals surface area contributed by atoms with Crippen molar-refractivity contribution < 1.29 is 28.9 Å². The highest BCUT2D eigenvalue weighted by Crippen LogP contribution is 2.58. The molecule has 162 valence electrons. The van der Waals surface area contributed by atoms with E-state index in [4.69, 9.17) is 4.74 Å². The van der Waals surface area contributed by atoms with Gasteiger partial charge in [-0.3, -0.25) is 9.59 Å². The summed E-state index contributed by atoms with van der Waals surface area (Å²) in [5.41, 5.74) is 0.556. The smallest absolute Gasteiger partial charge is 0.185 e. The van der Waals surface area contributed by atoms with Crippen molar-refractivity contribution >= 4 is 17.6 Å². The van der Waals surface area contributed by atoms with Crippen LogP contribution in [-0.4, -0.2) is 31.6 Å². The number of hydrogen-bond donors (Lipinski definition) is 2. The molecule has 0 saturated carbocycles. The molecule has 0 fully saturated rings. The molecule has 0 radical (unpaired) electrons. The number of benzene rings is 2. The Morgan fingerprint density at radius 1 is 1.16 bits per heavy atom. The van der Waals surface area contributed by atoms with Crippen LogP contribution in [0.2, 0.25) is 0 Å². The van der Waals surface area contributed by atoms with Crippen molar-refractivity contribution in [3.63, 3.8) is 0 Å². The number of ether oxygens (including phenoxy) is 1. The zero-order valence-corrected chi connectivity index (χ0v) is 17.8. The number of halogens is 1. The van der Waals surface area contributed by atoms with Gasteiger partial charge in [0.05, 0.1) is 28.2 Å². The predicted molar refractivity (Wildman–Crippen MR) is 113 cm³/mol. The fourth-order valence-electron chi connectivity index (χ4n) is 4.57. The fraction of sp³-hybridized carbons (Fsp3) is 0.208. The number of nitrogens with zero attached hydrogens (tertiary/aromatic N) is 2. The van der Waals surface area contributed by atoms with Crippen molar-refractivity contribution in [2.24, 2.45) is 0 Å². The summed E-state index contributed by atoms with van der Waals surface area (Å²) < 4.78 is 20.9. The van der Waals surface area contributed by atoms with E-state index in [0.717, 1.165) is 0 Å². The van der Waals surface area contributed by atoms with Crippen LogP contribution in [0.5, 0.6) is 17.2 Å². The number of Topliss-reactive ketones (excluding diaryl/α,β-unsaturated/α-hetero) is 2. The molecule has 0 amide bonds. The lowest BCUT2D eigenvalue weighted by Gasteiger charge is -2.27. The average Bonchev–Trinajstić information content (AvgIpc) is 3.22. The van der Waals surface area contributed by atoms with Gasteiger partial charge in [-0.25, -0.2) is 9.07 Å². The number of phenolic OH excluding ortho intramolecular Hbond substituents is 2. The molecule has 1 aliphatic heterocycles. The van der Waals surface area contributed by atoms with E-state index in [1.165, 1.54) is 30.7 Å². The van der Waals surface area contributed by atoms with E-state index >= 15 is 0 Å². The molecule has 2 heterocycles. The second-order valence-electron chi connectivity index (χ2n) is 8.26. The zero-order chi connectivity index (χ0) is 23.1. The van der Waals surface area contributed by atoms with Crippen LogP contribution in [0.1, 0.15) is 57.1 Å². The van der Waals surface area contributed by atoms with Crippen LogP contribution >= 0.6 is 0 Å². The maximum atomic E-state index is 13.8. The van der Waals surface area contributed by atoms with Crippen molar-refractivity contribution in [2.45, 2.75) is 33.1 Å². The molecular formula is C24H19FN2O5. The number of rotatable bonds is 2. The van der Waals surface area contributed by atoms with Gasteiger partial charge in [0.2, 0.25) is 0 Å². The number of hydrogen-bond acceptors (Lipinski definition) is 6. The summed E-state index contributed by atoms with van der Waals surface area (Å²) in [6.07, 6.45) is 1.63. The number of phenols is 2. The molecule has 2 aromatic carbocycles. The summed E-state index contributed by atoms with van der Waals surface area (Å²) in [6.45, 7) is 6.06. The highest BCUT2D eigenvalue weighted by atomic mass is 19.1. The van der Waals surface area contributed by atoms with E-state index in [1.54, 1.807) is 32.1 Å². The van der Waals surface area contributed by atoms with Gasteiger partial charge in [0, 0.05) is 11.6 Å². The SMILES string of the molecule is CC(=O)c1c(O)c(C)c(O)c2c1OC1=Cc3c(c(C)nn3-c3ccc(F)cc3)C(=O)[C@@]12C. The van der Waals surface area contributed by atoms with Crippen LogP contribution in [0.25, 0.3) is 11.8 Å². The molecule has 1 atom stereocenters. The maximum Gasteiger partial charge on any atom is 0.185 e. The summed E-state index contributed by atoms with van der Waals surface area (Å²) in [5.74, 6) is -1.71. The number of carbonyl (C=O) groups excluding carboxylic acids is 2. The summed E-state index contributed by atoms with van der Waals surface area (Å²) >= 11 is 0. The van der Waals surface area contributed by atoms with Gasteiger partial charge in [-0.05, 0) is 52.0 Å². The van der Waals surface area contributed by atoms with Crippen LogP contribution in [0, 0.1) is 19.7 Å². The second kappa shape index (κ2) is 6.29. The third-order valence-electron chi connectivity index (χ3n) is 6.31. The number of carbonyl (C=O) groups is 2. The zero-order valence-electron chi connectivity index (χ0n) is 17.8. The Balaban J connectivity index is 1.80. The monoisotopic (exact) mass is 434 g/mol. The third-order valence-corrected chi connectivity index (χ3v) is 6.31. The second-order valence-corrected chi connectivity index (χ2v) is 8.26. The topological polar surface area (TPSA) is 102 Å². The molecule has 2 aliphatic rings. The van der Waals surface area contributed by atoms with Gasteiger partial charge in [-0.15, -0.1) is 0 Å². The lowest BCUT2D eigenvalue weighted by Crippen LogP contribution is -2.36. The van der Waals surface area contributed by atoms with Gasteiger partial charge in [-0.2, -0.15) is 5.10 Å². The first-order valence-corrected chi connectivity index (χ1v) is 9.97. The molecule has 0 saturated heterocycles. The maximum absolute atomic E-state index is 13.8. The standard InChI is InChI=1S/C24H19FN2O5/c1-10-20(29)18(12(3)28)22-19(21(10)30)24(4)16(32-22)9-15-17(23(24)31)11(2)26-27(15)14-7-5-13(25)6-8-14/h5-9,29-30H,1-4H3/t24-/m0/s1. The predicted octanol–water partition coefficient (Wildman–Crippen LogP) is 4.13. The molecular weight excluding hydrogens is 415 g/mol. The summed E-state index contributed by atoms with van der Waals surface area (Å²) in [7, 11) is 0. The van der Waals surface area contributed by atoms with Crippen molar-refractivity contribution in [3.05, 3.63) is 69.5 Å². The largest absolute Gasteiger partial charge is 0.507 e. The van der Waals surface area contributed by atoms with Crippen LogP contribution in [-0.2, 0) is 5.41 Å². The van der Waals surface area contributed by atoms with Crippen molar-refractivity contribution in [1.29, 1.82) is 0 Å². The van der Waals surface area contributed by atoms with E-state index in [9.17, 15) is 24.2 Å². The Bertz CT molecular complexity index is 1400. The van der Waals surface area contributed by atoms with E-state index in [1.807, 2.05) is 0 Å². The van der Waals surface area contributed by atoms with E-state index < -0.39 is 17.0 Å². The molecule has 3 aromatic rings. The highest BCUT2D eigenvalue weighted by molar-refractivity contribution is 6.14. The normalized spacial score (nSPS) is 18.5. The Kier molecular flexibility index (Phi) is 3.93. The fourth-order valence-corrected chi connectivity index (χ4v) is 4.57. The molecule has 0 bridgehead atoms. The average molecular weight is 434 g/mol. The molecule has 2 N–H and O–H groups in total. The molecule has 1 aromatic heterocycles. The summed E-state index contributed by atoms with van der Waals surface area (Å²) in [5, 5.41) is 25.8. The van der Waals surface area contributed by atoms with Gasteiger partial charge >= 0.3 is 0 Å². The molecule has 0 unspecified atom stereocenters. The lowest BCUT2D eigenvalue weighted by molar-refractivity contribution is 0.0905. The molecule has 0 spiro atoms. The molecule has 1 aliphatic carbocycles. The Morgan fingerprint density at radius 3 is 2.44 bits per heavy atom. The van der Waals surface area contributed by atoms with Crippen molar-refractivity contribution in [2.75, 3.05) is 0 Å². The molecule has 5 rings (SSSR count). The van der Waals surface area contributed by atoms with E-state index in [2.05, 4.69) is 5.10 Å².